The van der Waals surface area contributed by atoms with Crippen LogP contribution < -0.4 is 15.8 Å². The van der Waals surface area contributed by atoms with Crippen molar-refractivity contribution in [3.63, 3.8) is 0 Å². The summed E-state index contributed by atoms with van der Waals surface area (Å²) in [5, 5.41) is 2.65. The number of hydrogen-bond donors (Lipinski definition) is 2. The van der Waals surface area contributed by atoms with Crippen molar-refractivity contribution < 1.29 is 22.7 Å². The van der Waals surface area contributed by atoms with Gasteiger partial charge in [0.15, 0.2) is 0 Å². The van der Waals surface area contributed by atoms with Crippen molar-refractivity contribution in [2.75, 3.05) is 6.54 Å². The first-order valence-corrected chi connectivity index (χ1v) is 7.10. The molecule has 0 spiro atoms. The summed E-state index contributed by atoms with van der Waals surface area (Å²) in [5.74, 6) is -0.580. The van der Waals surface area contributed by atoms with E-state index >= 15 is 0 Å². The second-order valence-electron chi connectivity index (χ2n) is 5.03. The van der Waals surface area contributed by atoms with Gasteiger partial charge in [0, 0.05) is 18.7 Å². The van der Waals surface area contributed by atoms with Crippen LogP contribution in [0.4, 0.5) is 13.2 Å². The summed E-state index contributed by atoms with van der Waals surface area (Å²) in [7, 11) is 0. The van der Waals surface area contributed by atoms with Crippen LogP contribution in [-0.4, -0.2) is 18.8 Å². The zero-order chi connectivity index (χ0) is 16.8. The molecule has 22 heavy (non-hydrogen) atoms. The van der Waals surface area contributed by atoms with E-state index in [1.54, 1.807) is 6.07 Å². The van der Waals surface area contributed by atoms with Gasteiger partial charge in [0.05, 0.1) is 5.41 Å². The molecule has 1 amide bonds. The van der Waals surface area contributed by atoms with Gasteiger partial charge < -0.3 is 15.8 Å². The number of amides is 1. The average molecular weight is 318 g/mol. The smallest absolute Gasteiger partial charge is 0.405 e. The minimum atomic E-state index is -4.77. The van der Waals surface area contributed by atoms with E-state index in [4.69, 9.17) is 5.73 Å². The topological polar surface area (TPSA) is 64.4 Å². The number of rotatable bonds is 7. The summed E-state index contributed by atoms with van der Waals surface area (Å²) in [4.78, 5) is 12.3. The normalized spacial score (nSPS) is 12.1. The first kappa shape index (κ1) is 18.3. The Bertz CT molecular complexity index is 492. The molecule has 0 saturated carbocycles. The fraction of sp³-hybridized carbons (Fsp3) is 0.533. The summed E-state index contributed by atoms with van der Waals surface area (Å²) in [6.07, 6.45) is -3.65. The Morgan fingerprint density at radius 1 is 1.23 bits per heavy atom. The Kier molecular flexibility index (Phi) is 6.22. The summed E-state index contributed by atoms with van der Waals surface area (Å²) >= 11 is 0. The minimum absolute atomic E-state index is 0.0488. The number of alkyl halides is 3. The molecule has 3 N–H and O–H groups in total. The Morgan fingerprint density at radius 2 is 1.82 bits per heavy atom. The molecule has 1 aromatic rings. The van der Waals surface area contributed by atoms with Crippen LogP contribution in [0.15, 0.2) is 24.3 Å². The van der Waals surface area contributed by atoms with Crippen molar-refractivity contribution in [3.05, 3.63) is 29.8 Å². The van der Waals surface area contributed by atoms with Gasteiger partial charge in [-0.15, -0.1) is 13.2 Å². The molecule has 124 valence electrons. The molecule has 0 bridgehead atoms. The molecule has 0 radical (unpaired) electrons. The lowest BCUT2D eigenvalue weighted by molar-refractivity contribution is -0.274. The zero-order valence-electron chi connectivity index (χ0n) is 12.7. The molecule has 0 atom stereocenters. The van der Waals surface area contributed by atoms with Crippen LogP contribution in [0, 0.1) is 5.41 Å². The van der Waals surface area contributed by atoms with Crippen LogP contribution in [-0.2, 0) is 11.3 Å². The molecule has 0 aliphatic rings. The first-order valence-electron chi connectivity index (χ1n) is 7.10. The third-order valence-electron chi connectivity index (χ3n) is 3.86. The van der Waals surface area contributed by atoms with Gasteiger partial charge in [0.25, 0.3) is 0 Å². The highest BCUT2D eigenvalue weighted by atomic mass is 19.4. The molecular weight excluding hydrogens is 297 g/mol. The molecule has 0 aliphatic heterocycles. The Labute approximate surface area is 127 Å². The number of nitrogens with two attached hydrogens (primary N) is 1. The van der Waals surface area contributed by atoms with Gasteiger partial charge in [-0.05, 0) is 18.9 Å². The molecule has 0 unspecified atom stereocenters. The lowest BCUT2D eigenvalue weighted by Crippen LogP contribution is -2.45. The number of benzene rings is 1. The highest BCUT2D eigenvalue weighted by Gasteiger charge is 2.34. The number of carbonyl (C=O) groups is 1. The second-order valence-corrected chi connectivity index (χ2v) is 5.03. The molecule has 0 heterocycles. The Balaban J connectivity index is 2.82. The van der Waals surface area contributed by atoms with Crippen LogP contribution in [0.3, 0.4) is 0 Å². The average Bonchev–Trinajstić information content (AvgIpc) is 2.47. The maximum atomic E-state index is 12.3. The molecule has 0 aromatic heterocycles. The highest BCUT2D eigenvalue weighted by Crippen LogP contribution is 2.28. The van der Waals surface area contributed by atoms with Crippen molar-refractivity contribution >= 4 is 5.91 Å². The number of carbonyl (C=O) groups excluding carboxylic acids is 1. The molecule has 4 nitrogen and oxygen atoms in total. The second kappa shape index (κ2) is 7.49. The maximum absolute atomic E-state index is 12.3. The highest BCUT2D eigenvalue weighted by molar-refractivity contribution is 5.82. The van der Waals surface area contributed by atoms with E-state index in [1.165, 1.54) is 18.2 Å². The quantitative estimate of drug-likeness (QED) is 0.812. The summed E-state index contributed by atoms with van der Waals surface area (Å²) in [5.41, 5.74) is 5.24. The van der Waals surface area contributed by atoms with Gasteiger partial charge in [0.1, 0.15) is 5.75 Å². The van der Waals surface area contributed by atoms with E-state index in [-0.39, 0.29) is 30.3 Å². The van der Waals surface area contributed by atoms with Gasteiger partial charge >= 0.3 is 6.36 Å². The number of halogens is 3. The standard InChI is InChI=1S/C15H21F3N2O2/c1-3-14(4-2,10-19)13(21)20-9-11-7-5-6-8-12(11)22-15(16,17)18/h5-8H,3-4,9-10,19H2,1-2H3,(H,20,21). The molecule has 1 aromatic carbocycles. The lowest BCUT2D eigenvalue weighted by Gasteiger charge is -2.28. The van der Waals surface area contributed by atoms with E-state index in [2.05, 4.69) is 10.1 Å². The van der Waals surface area contributed by atoms with Crippen LogP contribution in [0.5, 0.6) is 5.75 Å². The third-order valence-corrected chi connectivity index (χ3v) is 3.86. The summed E-state index contributed by atoms with van der Waals surface area (Å²) < 4.78 is 41.0. The van der Waals surface area contributed by atoms with Crippen molar-refractivity contribution in [1.29, 1.82) is 0 Å². The molecule has 7 heteroatoms. The lowest BCUT2D eigenvalue weighted by atomic mass is 9.81. The van der Waals surface area contributed by atoms with Crippen LogP contribution >= 0.6 is 0 Å². The molecule has 0 fully saturated rings. The summed E-state index contributed by atoms with van der Waals surface area (Å²) in [6, 6.07) is 5.71. The number of ether oxygens (including phenoxy) is 1. The van der Waals surface area contributed by atoms with Crippen LogP contribution in [0.1, 0.15) is 32.3 Å². The van der Waals surface area contributed by atoms with Crippen molar-refractivity contribution in [3.8, 4) is 5.75 Å². The first-order chi connectivity index (χ1) is 10.3. The number of nitrogens with one attached hydrogen (secondary N) is 1. The number of para-hydroxylation sites is 1. The van der Waals surface area contributed by atoms with E-state index in [0.29, 0.717) is 12.8 Å². The van der Waals surface area contributed by atoms with Gasteiger partial charge in [-0.2, -0.15) is 0 Å². The number of hydrogen-bond acceptors (Lipinski definition) is 3. The zero-order valence-corrected chi connectivity index (χ0v) is 12.7. The Morgan fingerprint density at radius 3 is 2.32 bits per heavy atom. The van der Waals surface area contributed by atoms with E-state index in [0.717, 1.165) is 0 Å². The largest absolute Gasteiger partial charge is 0.573 e. The predicted octanol–water partition coefficient (Wildman–Crippen LogP) is 2.97. The SMILES string of the molecule is CCC(CC)(CN)C(=O)NCc1ccccc1OC(F)(F)F. The van der Waals surface area contributed by atoms with Gasteiger partial charge in [0.2, 0.25) is 5.91 Å². The van der Waals surface area contributed by atoms with Gasteiger partial charge in [-0.1, -0.05) is 32.0 Å². The fourth-order valence-corrected chi connectivity index (χ4v) is 2.19. The van der Waals surface area contributed by atoms with Gasteiger partial charge in [-0.3, -0.25) is 4.79 Å². The van der Waals surface area contributed by atoms with E-state index < -0.39 is 11.8 Å². The van der Waals surface area contributed by atoms with E-state index in [9.17, 15) is 18.0 Å². The summed E-state index contributed by atoms with van der Waals surface area (Å²) in [6.45, 7) is 3.85. The van der Waals surface area contributed by atoms with Crippen LogP contribution in [0.25, 0.3) is 0 Å². The fourth-order valence-electron chi connectivity index (χ4n) is 2.19. The van der Waals surface area contributed by atoms with Crippen molar-refractivity contribution in [1.82, 2.24) is 5.32 Å². The molecule has 0 aliphatic carbocycles. The van der Waals surface area contributed by atoms with E-state index in [1.807, 2.05) is 13.8 Å². The van der Waals surface area contributed by atoms with Crippen LogP contribution in [0.2, 0.25) is 0 Å². The maximum Gasteiger partial charge on any atom is 0.573 e. The Hall–Kier alpha value is -1.76. The minimum Gasteiger partial charge on any atom is -0.405 e. The van der Waals surface area contributed by atoms with Gasteiger partial charge in [-0.25, -0.2) is 0 Å². The van der Waals surface area contributed by atoms with Crippen molar-refractivity contribution in [2.24, 2.45) is 11.1 Å². The molecule has 1 rings (SSSR count). The molecule has 0 saturated heterocycles. The monoisotopic (exact) mass is 318 g/mol. The molecular formula is C15H21F3N2O2. The predicted molar refractivity (Wildman–Crippen MR) is 77.0 cm³/mol. The van der Waals surface area contributed by atoms with Crippen molar-refractivity contribution in [2.45, 2.75) is 39.6 Å². The third kappa shape index (κ3) is 4.62.